The Morgan fingerprint density at radius 1 is 0.809 bits per heavy atom. The first kappa shape index (κ1) is 30.9. The molecule has 0 amide bonds. The minimum atomic E-state index is 0.290. The van der Waals surface area contributed by atoms with Gasteiger partial charge in [-0.1, -0.05) is 86.1 Å². The molecule has 2 saturated heterocycles. The highest BCUT2D eigenvalue weighted by atomic mass is 16.5. The Morgan fingerprint density at radius 2 is 1.47 bits per heavy atom. The van der Waals surface area contributed by atoms with E-state index < -0.39 is 0 Å². The van der Waals surface area contributed by atoms with Crippen molar-refractivity contribution in [3.8, 4) is 29.0 Å². The van der Waals surface area contributed by atoms with E-state index in [1.807, 2.05) is 72.4 Å². The molecule has 3 aromatic carbocycles. The number of ether oxygens (including phenoxy) is 2. The molecule has 0 saturated carbocycles. The number of benzene rings is 3. The average molecular weight is 624 g/mol. The molecule has 2 aliphatic heterocycles. The van der Waals surface area contributed by atoms with Crippen LogP contribution in [0.5, 0.6) is 11.8 Å². The van der Waals surface area contributed by atoms with Crippen LogP contribution in [-0.4, -0.2) is 34.6 Å². The molecule has 2 fully saturated rings. The fourth-order valence-electron chi connectivity index (χ4n) is 7.32. The molecule has 47 heavy (non-hydrogen) atoms. The average Bonchev–Trinajstić information content (AvgIpc) is 3.46. The first-order valence-corrected chi connectivity index (χ1v) is 17.1. The number of hydrogen-bond donors (Lipinski definition) is 0. The monoisotopic (exact) mass is 623 g/mol. The molecule has 0 unspecified atom stereocenters. The Hall–Kier alpha value is -4.77. The number of anilines is 1. The van der Waals surface area contributed by atoms with Crippen molar-refractivity contribution in [2.75, 3.05) is 18.0 Å². The molecule has 0 N–H and O–H groups in total. The van der Waals surface area contributed by atoms with Crippen molar-refractivity contribution in [1.82, 2.24) is 14.8 Å². The van der Waals surface area contributed by atoms with Crippen LogP contribution in [0.15, 0.2) is 91.0 Å². The highest BCUT2D eigenvalue weighted by Crippen LogP contribution is 2.38. The van der Waals surface area contributed by atoms with Gasteiger partial charge in [-0.25, -0.2) is 5.26 Å². The molecule has 7 rings (SSSR count). The number of rotatable bonds is 10. The van der Waals surface area contributed by atoms with Crippen molar-refractivity contribution < 1.29 is 9.47 Å². The molecule has 8 heteroatoms. The topological polar surface area (TPSA) is 76.2 Å². The lowest BCUT2D eigenvalue weighted by atomic mass is 9.41. The van der Waals surface area contributed by atoms with Crippen molar-refractivity contribution in [3.63, 3.8) is 0 Å². The molecule has 2 aliphatic rings. The molecular weight excluding hydrogens is 581 g/mol. The third-order valence-electron chi connectivity index (χ3n) is 10.0. The molecule has 0 aliphatic carbocycles. The van der Waals surface area contributed by atoms with E-state index in [-0.39, 0.29) is 0 Å². The van der Waals surface area contributed by atoms with Gasteiger partial charge in [-0.05, 0) is 66.5 Å². The summed E-state index contributed by atoms with van der Waals surface area (Å²) < 4.78 is 14.4. The summed E-state index contributed by atoms with van der Waals surface area (Å²) in [6.45, 7) is 3.29. The summed E-state index contributed by atoms with van der Waals surface area (Å²) in [7, 11) is 2.01. The van der Waals surface area contributed by atoms with Gasteiger partial charge < -0.3 is 14.4 Å². The SMILES string of the molecule is Cn1nc(-c2ccc(OCc3ccccc3)nc2OCc2ccccc2)c2ccc(N3CCC(CC4CCB(C#N)CC4)CC3)cc21. The molecule has 0 radical (unpaired) electrons. The largest absolute Gasteiger partial charge is 0.473 e. The number of fused-ring (bicyclic) bond motifs is 1. The predicted molar refractivity (Wildman–Crippen MR) is 189 cm³/mol. The van der Waals surface area contributed by atoms with Crippen LogP contribution in [0.25, 0.3) is 22.2 Å². The Kier molecular flexibility index (Phi) is 9.42. The Bertz CT molecular complexity index is 1820. The Balaban J connectivity index is 1.08. The van der Waals surface area contributed by atoms with E-state index in [4.69, 9.17) is 19.6 Å². The standard InChI is InChI=1S/C39H42BN5O2/c1-44-36-25-33(45-22-18-30(19-23-45)24-29-16-20-40(28-41)21-17-29)12-13-34(36)38(43-44)35-14-15-37(46-26-31-8-4-2-5-9-31)42-39(35)47-27-32-10-6-3-7-11-32/h2-15,25,29-30H,16-24,26-27H2,1H3. The summed E-state index contributed by atoms with van der Waals surface area (Å²) in [5.74, 6) is 5.10. The van der Waals surface area contributed by atoms with E-state index in [9.17, 15) is 5.26 Å². The maximum absolute atomic E-state index is 9.24. The first-order chi connectivity index (χ1) is 23.1. The second-order valence-corrected chi connectivity index (χ2v) is 13.2. The summed E-state index contributed by atoms with van der Waals surface area (Å²) in [5, 5.41) is 15.3. The number of piperidine rings is 1. The van der Waals surface area contributed by atoms with Crippen LogP contribution < -0.4 is 14.4 Å². The smallest absolute Gasteiger partial charge is 0.267 e. The number of pyridine rings is 1. The van der Waals surface area contributed by atoms with Crippen molar-refractivity contribution in [3.05, 3.63) is 102 Å². The fraction of sp³-hybridized carbons (Fsp3) is 0.359. The lowest BCUT2D eigenvalue weighted by Crippen LogP contribution is -2.34. The quantitative estimate of drug-likeness (QED) is 0.146. The number of nitriles is 1. The van der Waals surface area contributed by atoms with Gasteiger partial charge in [0.1, 0.15) is 18.9 Å². The molecule has 0 atom stereocenters. The molecule has 0 bridgehead atoms. The number of aryl methyl sites for hydroxylation is 1. The van der Waals surface area contributed by atoms with Crippen molar-refractivity contribution in [1.29, 1.82) is 5.26 Å². The van der Waals surface area contributed by atoms with Gasteiger partial charge >= 0.3 is 0 Å². The zero-order valence-electron chi connectivity index (χ0n) is 27.2. The second-order valence-electron chi connectivity index (χ2n) is 13.2. The highest BCUT2D eigenvalue weighted by Gasteiger charge is 2.28. The van der Waals surface area contributed by atoms with Crippen LogP contribution in [0.4, 0.5) is 5.69 Å². The van der Waals surface area contributed by atoms with Gasteiger partial charge in [-0.3, -0.25) is 4.68 Å². The molecular formula is C39H42BN5O2. The van der Waals surface area contributed by atoms with Gasteiger partial charge in [0.15, 0.2) is 0 Å². The van der Waals surface area contributed by atoms with Crippen molar-refractivity contribution >= 4 is 23.3 Å². The minimum absolute atomic E-state index is 0.290. The van der Waals surface area contributed by atoms with Gasteiger partial charge in [-0.15, -0.1) is 0 Å². The fourth-order valence-corrected chi connectivity index (χ4v) is 7.32. The Labute approximate surface area is 278 Å². The van der Waals surface area contributed by atoms with Crippen LogP contribution in [0.2, 0.25) is 12.6 Å². The summed E-state index contributed by atoms with van der Waals surface area (Å²) in [6, 6.07) is 30.9. The summed E-state index contributed by atoms with van der Waals surface area (Å²) >= 11 is 0. The summed E-state index contributed by atoms with van der Waals surface area (Å²) in [4.78, 5) is 7.36. The molecule has 0 spiro atoms. The molecule has 5 aromatic rings. The highest BCUT2D eigenvalue weighted by molar-refractivity contribution is 6.67. The number of hydrogen-bond acceptors (Lipinski definition) is 6. The van der Waals surface area contributed by atoms with Crippen LogP contribution in [0.3, 0.4) is 0 Å². The third kappa shape index (κ3) is 7.30. The summed E-state index contributed by atoms with van der Waals surface area (Å²) in [6.07, 6.45) is 8.45. The first-order valence-electron chi connectivity index (χ1n) is 17.1. The number of nitrogens with zero attached hydrogens (tertiary/aromatic N) is 5. The van der Waals surface area contributed by atoms with E-state index in [0.29, 0.717) is 31.7 Å². The van der Waals surface area contributed by atoms with E-state index >= 15 is 0 Å². The van der Waals surface area contributed by atoms with Gasteiger partial charge in [-0.2, -0.15) is 10.1 Å². The van der Waals surface area contributed by atoms with E-state index in [2.05, 4.69) is 41.2 Å². The van der Waals surface area contributed by atoms with Crippen LogP contribution in [0, 0.1) is 23.1 Å². The van der Waals surface area contributed by atoms with Crippen molar-refractivity contribution in [2.24, 2.45) is 18.9 Å². The lowest BCUT2D eigenvalue weighted by molar-refractivity contribution is 0.268. The van der Waals surface area contributed by atoms with Gasteiger partial charge in [0.2, 0.25) is 11.8 Å². The number of aromatic nitrogens is 3. The van der Waals surface area contributed by atoms with Crippen LogP contribution in [-0.2, 0) is 20.3 Å². The van der Waals surface area contributed by atoms with Gasteiger partial charge in [0, 0.05) is 43.2 Å². The Morgan fingerprint density at radius 3 is 2.15 bits per heavy atom. The maximum atomic E-state index is 9.24. The van der Waals surface area contributed by atoms with E-state index in [1.54, 1.807) is 0 Å². The van der Waals surface area contributed by atoms with E-state index in [0.717, 1.165) is 70.9 Å². The third-order valence-corrected chi connectivity index (χ3v) is 10.0. The molecule has 238 valence electrons. The maximum Gasteiger partial charge on any atom is 0.267 e. The molecule has 7 nitrogen and oxygen atoms in total. The predicted octanol–water partition coefficient (Wildman–Crippen LogP) is 8.37. The van der Waals surface area contributed by atoms with Crippen LogP contribution in [0.1, 0.15) is 43.2 Å². The van der Waals surface area contributed by atoms with Crippen LogP contribution >= 0.6 is 0 Å². The van der Waals surface area contributed by atoms with Gasteiger partial charge in [0.05, 0.1) is 11.1 Å². The molecule has 2 aromatic heterocycles. The minimum Gasteiger partial charge on any atom is -0.473 e. The second kappa shape index (κ2) is 14.3. The molecule has 4 heterocycles. The van der Waals surface area contributed by atoms with Gasteiger partial charge in [0.25, 0.3) is 6.71 Å². The van der Waals surface area contributed by atoms with Crippen molar-refractivity contribution in [2.45, 2.75) is 58.0 Å². The normalized spacial score (nSPS) is 15.9. The lowest BCUT2D eigenvalue weighted by Gasteiger charge is -2.36. The zero-order chi connectivity index (χ0) is 32.0. The van der Waals surface area contributed by atoms with E-state index in [1.165, 1.54) is 37.8 Å². The zero-order valence-corrected chi connectivity index (χ0v) is 27.2. The summed E-state index contributed by atoms with van der Waals surface area (Å²) in [5.41, 5.74) is 6.19.